The highest BCUT2D eigenvalue weighted by molar-refractivity contribution is 6.30. The summed E-state index contributed by atoms with van der Waals surface area (Å²) in [6.45, 7) is 6.32. The van der Waals surface area contributed by atoms with Gasteiger partial charge in [0.05, 0.1) is 0 Å². The van der Waals surface area contributed by atoms with Crippen molar-refractivity contribution in [1.82, 2.24) is 9.80 Å². The van der Waals surface area contributed by atoms with Crippen molar-refractivity contribution < 1.29 is 4.79 Å². The molecule has 3 rings (SSSR count). The normalized spacial score (nSPS) is 15.7. The van der Waals surface area contributed by atoms with Gasteiger partial charge in [-0.3, -0.25) is 4.90 Å². The van der Waals surface area contributed by atoms with Crippen molar-refractivity contribution in [2.24, 2.45) is 0 Å². The van der Waals surface area contributed by atoms with Gasteiger partial charge >= 0.3 is 6.03 Å². The molecule has 0 radical (unpaired) electrons. The molecule has 1 aliphatic rings. The van der Waals surface area contributed by atoms with E-state index < -0.39 is 0 Å². The van der Waals surface area contributed by atoms with E-state index in [1.807, 2.05) is 48.2 Å². The number of benzene rings is 2. The number of hydrogen-bond donors (Lipinski definition) is 1. The lowest BCUT2D eigenvalue weighted by Crippen LogP contribution is -2.38. The van der Waals surface area contributed by atoms with Crippen LogP contribution in [-0.2, 0) is 6.54 Å². The fourth-order valence-electron chi connectivity index (χ4n) is 3.11. The smallest absolute Gasteiger partial charge is 0.321 e. The Hall–Kier alpha value is -2.04. The van der Waals surface area contributed by atoms with Gasteiger partial charge in [0.15, 0.2) is 0 Å². The summed E-state index contributed by atoms with van der Waals surface area (Å²) in [7, 11) is 0. The Morgan fingerprint density at radius 2 is 1.88 bits per heavy atom. The first kappa shape index (κ1) is 17.8. The van der Waals surface area contributed by atoms with Crippen LogP contribution in [0.25, 0.3) is 0 Å². The van der Waals surface area contributed by atoms with E-state index in [0.29, 0.717) is 0 Å². The van der Waals surface area contributed by atoms with Crippen LogP contribution in [0.3, 0.4) is 0 Å². The van der Waals surface area contributed by atoms with Crippen LogP contribution in [0.2, 0.25) is 5.02 Å². The van der Waals surface area contributed by atoms with E-state index in [9.17, 15) is 4.79 Å². The Labute approximate surface area is 154 Å². The predicted octanol–water partition coefficient (Wildman–Crippen LogP) is 4.39. The minimum atomic E-state index is -0.0149. The molecule has 1 saturated heterocycles. The number of amides is 2. The number of anilines is 1. The van der Waals surface area contributed by atoms with Crippen LogP contribution in [0.5, 0.6) is 0 Å². The SMILES string of the molecule is Cc1cccc(NC(=O)N2CCCN(Cc3ccc(Cl)cc3)CC2)c1. The molecule has 2 aromatic rings. The molecule has 2 aromatic carbocycles. The third-order valence-corrected chi connectivity index (χ3v) is 4.72. The summed E-state index contributed by atoms with van der Waals surface area (Å²) in [6, 6.07) is 15.9. The van der Waals surface area contributed by atoms with Gasteiger partial charge < -0.3 is 10.2 Å². The van der Waals surface area contributed by atoms with Gasteiger partial charge in [-0.05, 0) is 48.7 Å². The van der Waals surface area contributed by atoms with Crippen molar-refractivity contribution >= 4 is 23.3 Å². The van der Waals surface area contributed by atoms with Gasteiger partial charge in [0.2, 0.25) is 0 Å². The summed E-state index contributed by atoms with van der Waals surface area (Å²) in [5, 5.41) is 3.77. The van der Waals surface area contributed by atoms with Gasteiger partial charge in [0.1, 0.15) is 0 Å². The summed E-state index contributed by atoms with van der Waals surface area (Å²) in [5.74, 6) is 0. The molecule has 0 aromatic heterocycles. The maximum atomic E-state index is 12.5. The largest absolute Gasteiger partial charge is 0.323 e. The number of carbonyl (C=O) groups is 1. The van der Waals surface area contributed by atoms with Gasteiger partial charge in [-0.15, -0.1) is 0 Å². The molecule has 132 valence electrons. The Balaban J connectivity index is 1.54. The summed E-state index contributed by atoms with van der Waals surface area (Å²) in [6.07, 6.45) is 0.981. The van der Waals surface area contributed by atoms with Crippen LogP contribution in [0.15, 0.2) is 48.5 Å². The molecule has 0 aliphatic carbocycles. The summed E-state index contributed by atoms with van der Waals surface area (Å²) < 4.78 is 0. The van der Waals surface area contributed by atoms with E-state index in [4.69, 9.17) is 11.6 Å². The number of rotatable bonds is 3. The van der Waals surface area contributed by atoms with Crippen LogP contribution in [0, 0.1) is 6.92 Å². The Bertz CT molecular complexity index is 717. The predicted molar refractivity (Wildman–Crippen MR) is 103 cm³/mol. The van der Waals surface area contributed by atoms with Crippen LogP contribution in [-0.4, -0.2) is 42.0 Å². The second-order valence-electron chi connectivity index (χ2n) is 6.54. The molecular weight excluding hydrogens is 334 g/mol. The maximum Gasteiger partial charge on any atom is 0.321 e. The molecule has 1 heterocycles. The van der Waals surface area contributed by atoms with Crippen LogP contribution in [0.4, 0.5) is 10.5 Å². The molecule has 0 bridgehead atoms. The highest BCUT2D eigenvalue weighted by Gasteiger charge is 2.19. The molecule has 5 heteroatoms. The molecule has 4 nitrogen and oxygen atoms in total. The van der Waals surface area contributed by atoms with Gasteiger partial charge in [0.25, 0.3) is 0 Å². The summed E-state index contributed by atoms with van der Waals surface area (Å²) >= 11 is 5.95. The first-order valence-corrected chi connectivity index (χ1v) is 9.07. The number of hydrogen-bond acceptors (Lipinski definition) is 2. The Morgan fingerprint density at radius 1 is 1.08 bits per heavy atom. The van der Waals surface area contributed by atoms with E-state index in [2.05, 4.69) is 22.3 Å². The molecule has 0 atom stereocenters. The first-order chi connectivity index (χ1) is 12.1. The monoisotopic (exact) mass is 357 g/mol. The van der Waals surface area contributed by atoms with Crippen LogP contribution >= 0.6 is 11.6 Å². The molecule has 2 amide bonds. The number of halogens is 1. The van der Waals surface area contributed by atoms with Gasteiger partial charge in [-0.2, -0.15) is 0 Å². The molecule has 1 aliphatic heterocycles. The van der Waals surface area contributed by atoms with Crippen molar-refractivity contribution in [2.75, 3.05) is 31.5 Å². The van der Waals surface area contributed by atoms with Crippen LogP contribution < -0.4 is 5.32 Å². The number of nitrogens with zero attached hydrogens (tertiary/aromatic N) is 2. The minimum Gasteiger partial charge on any atom is -0.323 e. The second-order valence-corrected chi connectivity index (χ2v) is 6.98. The average Bonchev–Trinajstić information content (AvgIpc) is 2.83. The molecule has 0 saturated carbocycles. The van der Waals surface area contributed by atoms with Crippen LogP contribution in [0.1, 0.15) is 17.5 Å². The van der Waals surface area contributed by atoms with Crippen molar-refractivity contribution in [3.8, 4) is 0 Å². The lowest BCUT2D eigenvalue weighted by molar-refractivity contribution is 0.211. The molecule has 0 spiro atoms. The van der Waals surface area contributed by atoms with Crippen molar-refractivity contribution in [2.45, 2.75) is 19.9 Å². The topological polar surface area (TPSA) is 35.6 Å². The van der Waals surface area contributed by atoms with E-state index in [0.717, 1.165) is 55.4 Å². The third kappa shape index (κ3) is 5.21. The number of aryl methyl sites for hydroxylation is 1. The third-order valence-electron chi connectivity index (χ3n) is 4.46. The molecule has 25 heavy (non-hydrogen) atoms. The van der Waals surface area contributed by atoms with Gasteiger partial charge in [-0.25, -0.2) is 4.79 Å². The number of urea groups is 1. The standard InChI is InChI=1S/C20H24ClN3O/c1-16-4-2-5-19(14-16)22-20(25)24-11-3-10-23(12-13-24)15-17-6-8-18(21)9-7-17/h2,4-9,14H,3,10-13,15H2,1H3,(H,22,25). The highest BCUT2D eigenvalue weighted by Crippen LogP contribution is 2.14. The van der Waals surface area contributed by atoms with E-state index in [-0.39, 0.29) is 6.03 Å². The molecular formula is C20H24ClN3O. The quantitative estimate of drug-likeness (QED) is 0.884. The van der Waals surface area contributed by atoms with Crippen molar-refractivity contribution in [3.63, 3.8) is 0 Å². The zero-order chi connectivity index (χ0) is 17.6. The number of carbonyl (C=O) groups excluding carboxylic acids is 1. The average molecular weight is 358 g/mol. The lowest BCUT2D eigenvalue weighted by Gasteiger charge is -2.22. The maximum absolute atomic E-state index is 12.5. The lowest BCUT2D eigenvalue weighted by atomic mass is 10.2. The molecule has 1 N–H and O–H groups in total. The Morgan fingerprint density at radius 3 is 2.64 bits per heavy atom. The van der Waals surface area contributed by atoms with E-state index in [1.165, 1.54) is 5.56 Å². The second kappa shape index (κ2) is 8.37. The van der Waals surface area contributed by atoms with Gasteiger partial charge in [0, 0.05) is 43.4 Å². The van der Waals surface area contributed by atoms with E-state index >= 15 is 0 Å². The van der Waals surface area contributed by atoms with E-state index in [1.54, 1.807) is 0 Å². The molecule has 0 unspecified atom stereocenters. The fraction of sp³-hybridized carbons (Fsp3) is 0.350. The Kier molecular flexibility index (Phi) is 5.95. The minimum absolute atomic E-state index is 0.0149. The number of nitrogens with one attached hydrogen (secondary N) is 1. The van der Waals surface area contributed by atoms with Crippen molar-refractivity contribution in [1.29, 1.82) is 0 Å². The first-order valence-electron chi connectivity index (χ1n) is 8.69. The van der Waals surface area contributed by atoms with Crippen molar-refractivity contribution in [3.05, 3.63) is 64.7 Å². The fourth-order valence-corrected chi connectivity index (χ4v) is 3.23. The summed E-state index contributed by atoms with van der Waals surface area (Å²) in [4.78, 5) is 16.8. The van der Waals surface area contributed by atoms with Gasteiger partial charge in [-0.1, -0.05) is 35.9 Å². The zero-order valence-electron chi connectivity index (χ0n) is 14.5. The summed E-state index contributed by atoms with van der Waals surface area (Å²) in [5.41, 5.74) is 3.25. The highest BCUT2D eigenvalue weighted by atomic mass is 35.5. The zero-order valence-corrected chi connectivity index (χ0v) is 15.3. The molecule has 1 fully saturated rings.